The van der Waals surface area contributed by atoms with Crippen molar-refractivity contribution in [2.75, 3.05) is 0 Å². The van der Waals surface area contributed by atoms with E-state index in [1.165, 1.54) is 6.92 Å². The molecule has 1 aromatic rings. The molecule has 0 saturated carbocycles. The number of ether oxygens (including phenoxy) is 1. The first-order valence-electron chi connectivity index (χ1n) is 9.47. The van der Waals surface area contributed by atoms with Crippen LogP contribution in [0.5, 0.6) is 0 Å². The molecule has 1 atom stereocenters. The van der Waals surface area contributed by atoms with Gasteiger partial charge in [0.2, 0.25) is 5.91 Å². The number of rotatable bonds is 4. The molecule has 0 bridgehead atoms. The SMILES string of the molecule is [2H]c1c([2H])c([2H])c(C([2H])([2H])NC(=O)[C@@H](C)NC(=O)OC(C)(C)C)c([2H])c1[2H]. The van der Waals surface area contributed by atoms with Crippen LogP contribution in [0.3, 0.4) is 0 Å². The third-order valence-electron chi connectivity index (χ3n) is 1.94. The molecule has 1 rings (SSSR count). The number of carbonyl (C=O) groups is 2. The maximum absolute atomic E-state index is 12.2. The Morgan fingerprint density at radius 2 is 1.95 bits per heavy atom. The summed E-state index contributed by atoms with van der Waals surface area (Å²) in [5, 5.41) is 4.19. The Labute approximate surface area is 129 Å². The van der Waals surface area contributed by atoms with Crippen molar-refractivity contribution in [1.82, 2.24) is 10.6 Å². The first kappa shape index (κ1) is 8.29. The number of hydrogen-bond donors (Lipinski definition) is 2. The van der Waals surface area contributed by atoms with Crippen molar-refractivity contribution >= 4 is 12.0 Å². The van der Waals surface area contributed by atoms with Crippen LogP contribution in [0.2, 0.25) is 0 Å². The van der Waals surface area contributed by atoms with E-state index in [1.54, 1.807) is 20.8 Å². The van der Waals surface area contributed by atoms with Crippen LogP contribution in [0, 0.1) is 0 Å². The molecule has 5 nitrogen and oxygen atoms in total. The summed E-state index contributed by atoms with van der Waals surface area (Å²) in [7, 11) is 0. The van der Waals surface area contributed by atoms with Crippen molar-refractivity contribution in [2.24, 2.45) is 0 Å². The second-order valence-corrected chi connectivity index (χ2v) is 4.98. The topological polar surface area (TPSA) is 67.4 Å². The first-order valence-corrected chi connectivity index (χ1v) is 5.97. The second kappa shape index (κ2) is 6.93. The molecule has 0 heterocycles. The van der Waals surface area contributed by atoms with E-state index < -0.39 is 65.9 Å². The number of alkyl carbamates (subject to hydrolysis) is 1. The van der Waals surface area contributed by atoms with Gasteiger partial charge in [-0.1, -0.05) is 30.2 Å². The molecule has 2 amide bonds. The third kappa shape index (κ3) is 6.22. The molecule has 0 aromatic heterocycles. The van der Waals surface area contributed by atoms with Crippen molar-refractivity contribution in [2.45, 2.75) is 45.8 Å². The lowest BCUT2D eigenvalue weighted by Gasteiger charge is -2.21. The van der Waals surface area contributed by atoms with E-state index in [0.29, 0.717) is 0 Å². The van der Waals surface area contributed by atoms with Crippen LogP contribution in [-0.4, -0.2) is 23.6 Å². The van der Waals surface area contributed by atoms with Gasteiger partial charge in [-0.2, -0.15) is 0 Å². The van der Waals surface area contributed by atoms with Gasteiger partial charge < -0.3 is 15.4 Å². The highest BCUT2D eigenvalue weighted by Gasteiger charge is 2.20. The van der Waals surface area contributed by atoms with Gasteiger partial charge in [-0.15, -0.1) is 0 Å². The zero-order chi connectivity index (χ0) is 21.3. The van der Waals surface area contributed by atoms with E-state index in [-0.39, 0.29) is 0 Å². The minimum atomic E-state index is -2.77. The summed E-state index contributed by atoms with van der Waals surface area (Å²) in [5.74, 6) is -0.960. The largest absolute Gasteiger partial charge is 0.444 e. The summed E-state index contributed by atoms with van der Waals surface area (Å²) in [6, 6.07) is -4.83. The first-order chi connectivity index (χ1) is 12.1. The molecule has 5 heteroatoms. The molecular formula is C15H22N2O3. The van der Waals surface area contributed by atoms with E-state index in [0.717, 1.165) is 0 Å². The van der Waals surface area contributed by atoms with Gasteiger partial charge in [0.05, 0.1) is 9.60 Å². The Kier molecular flexibility index (Phi) is 2.88. The molecule has 0 aliphatic rings. The highest BCUT2D eigenvalue weighted by Crippen LogP contribution is 2.06. The average Bonchev–Trinajstić information content (AvgIpc) is 2.48. The molecule has 110 valence electrons. The van der Waals surface area contributed by atoms with Gasteiger partial charge in [0.15, 0.2) is 0 Å². The second-order valence-electron chi connectivity index (χ2n) is 4.98. The Morgan fingerprint density at radius 1 is 1.35 bits per heavy atom. The molecule has 2 N–H and O–H groups in total. The summed E-state index contributed by atoms with van der Waals surface area (Å²) >= 11 is 0. The molecule has 0 unspecified atom stereocenters. The monoisotopic (exact) mass is 285 g/mol. The highest BCUT2D eigenvalue weighted by atomic mass is 16.6. The quantitative estimate of drug-likeness (QED) is 0.891. The van der Waals surface area contributed by atoms with Crippen LogP contribution in [0.1, 0.15) is 42.9 Å². The summed E-state index contributed by atoms with van der Waals surface area (Å²) in [4.78, 5) is 23.9. The van der Waals surface area contributed by atoms with Crippen LogP contribution in [0.25, 0.3) is 0 Å². The normalized spacial score (nSPS) is 18.1. The number of amides is 2. The standard InChI is InChI=1S/C15H22N2O3/c1-11(17-14(19)20-15(2,3)4)13(18)16-10-12-8-6-5-7-9-12/h5-9,11H,10H2,1-4H3,(H,16,18)(H,17,19)/t11-/m1/s1/i5D,6D,7D,8D,9D,10D2. The Morgan fingerprint density at radius 3 is 2.50 bits per heavy atom. The molecule has 0 fully saturated rings. The van der Waals surface area contributed by atoms with Crippen molar-refractivity contribution in [3.05, 3.63) is 35.8 Å². The van der Waals surface area contributed by atoms with Gasteiger partial charge >= 0.3 is 6.09 Å². The maximum atomic E-state index is 12.2. The number of benzene rings is 1. The van der Waals surface area contributed by atoms with Crippen LogP contribution in [-0.2, 0) is 16.0 Å². The lowest BCUT2D eigenvalue weighted by atomic mass is 10.2. The fraction of sp³-hybridized carbons (Fsp3) is 0.467. The Hall–Kier alpha value is -2.04. The number of hydrogen-bond acceptors (Lipinski definition) is 3. The van der Waals surface area contributed by atoms with Gasteiger partial charge in [-0.05, 0) is 33.3 Å². The molecule has 0 aliphatic carbocycles. The molecule has 20 heavy (non-hydrogen) atoms. The predicted octanol–water partition coefficient (Wildman–Crippen LogP) is 2.22. The Balaban J connectivity index is 3.04. The van der Waals surface area contributed by atoms with Crippen molar-refractivity contribution in [3.8, 4) is 0 Å². The number of carbonyl (C=O) groups excluding carboxylic acids is 2. The molecule has 0 aliphatic heterocycles. The number of nitrogens with one attached hydrogen (secondary N) is 2. The summed E-state index contributed by atoms with van der Waals surface area (Å²) < 4.78 is 59.3. The van der Waals surface area contributed by atoms with Gasteiger partial charge in [0, 0.05) is 6.50 Å². The van der Waals surface area contributed by atoms with E-state index in [1.807, 2.05) is 5.32 Å². The summed E-state index contributed by atoms with van der Waals surface area (Å²) in [6.45, 7) is 3.42. The van der Waals surface area contributed by atoms with E-state index in [9.17, 15) is 9.59 Å². The van der Waals surface area contributed by atoms with Crippen LogP contribution >= 0.6 is 0 Å². The predicted molar refractivity (Wildman–Crippen MR) is 77.1 cm³/mol. The van der Waals surface area contributed by atoms with Crippen molar-refractivity contribution < 1.29 is 23.9 Å². The molecule has 0 spiro atoms. The van der Waals surface area contributed by atoms with Crippen LogP contribution in [0.4, 0.5) is 4.79 Å². The summed E-state index contributed by atoms with van der Waals surface area (Å²) in [6.07, 6.45) is -0.881. The average molecular weight is 285 g/mol. The van der Waals surface area contributed by atoms with E-state index >= 15 is 0 Å². The van der Waals surface area contributed by atoms with Crippen molar-refractivity contribution in [1.29, 1.82) is 0 Å². The fourth-order valence-electron chi connectivity index (χ4n) is 1.09. The zero-order valence-corrected chi connectivity index (χ0v) is 11.8. The van der Waals surface area contributed by atoms with Gasteiger partial charge in [0.25, 0.3) is 0 Å². The van der Waals surface area contributed by atoms with E-state index in [4.69, 9.17) is 14.3 Å². The lowest BCUT2D eigenvalue weighted by Crippen LogP contribution is -2.46. The van der Waals surface area contributed by atoms with E-state index in [2.05, 4.69) is 5.32 Å². The van der Waals surface area contributed by atoms with Crippen LogP contribution < -0.4 is 10.6 Å². The third-order valence-corrected chi connectivity index (χ3v) is 1.94. The summed E-state index contributed by atoms with van der Waals surface area (Å²) in [5.41, 5.74) is -1.49. The van der Waals surface area contributed by atoms with Gasteiger partial charge in [0.1, 0.15) is 11.6 Å². The minimum absolute atomic E-state index is 0.671. The highest BCUT2D eigenvalue weighted by molar-refractivity contribution is 5.85. The smallest absolute Gasteiger partial charge is 0.408 e. The van der Waals surface area contributed by atoms with Gasteiger partial charge in [-0.3, -0.25) is 4.79 Å². The molecule has 1 aromatic carbocycles. The van der Waals surface area contributed by atoms with Crippen LogP contribution in [0.15, 0.2) is 30.2 Å². The minimum Gasteiger partial charge on any atom is -0.444 e. The van der Waals surface area contributed by atoms with Gasteiger partial charge in [-0.25, -0.2) is 4.79 Å². The molecule has 0 radical (unpaired) electrons. The van der Waals surface area contributed by atoms with Crippen molar-refractivity contribution in [3.63, 3.8) is 0 Å². The lowest BCUT2D eigenvalue weighted by molar-refractivity contribution is -0.122. The maximum Gasteiger partial charge on any atom is 0.408 e. The molecular weight excluding hydrogens is 256 g/mol. The molecule has 0 saturated heterocycles. The fourth-order valence-corrected chi connectivity index (χ4v) is 1.09. The Bertz CT molecular complexity index is 734. The zero-order valence-electron chi connectivity index (χ0n) is 18.8.